The number of H-pyrrole nitrogens is 1. The molecule has 0 fully saturated rings. The minimum atomic E-state index is 0. The van der Waals surface area contributed by atoms with Crippen LogP contribution in [0.1, 0.15) is 0 Å². The minimum Gasteiger partial charge on any atom is -0.489 e. The Bertz CT molecular complexity index is 434. The van der Waals surface area contributed by atoms with Crippen LogP contribution in [-0.2, 0) is 53.8 Å². The Kier molecular flexibility index (Phi) is 5.85. The molecule has 2 aromatic rings. The third-order valence-corrected chi connectivity index (χ3v) is 1.31. The molecule has 0 aliphatic carbocycles. The average molecular weight is 420 g/mol. The molecule has 2 rings (SSSR count). The first kappa shape index (κ1) is 13.1. The van der Waals surface area contributed by atoms with Gasteiger partial charge in [-0.15, -0.1) is 0 Å². The third kappa shape index (κ3) is 2.79. The number of aromatic nitrogens is 4. The molecule has 0 aliphatic rings. The molecule has 2 heterocycles. The SMILES string of the molecule is CN=c1n[c-]c2nc[n-]c2[nH]1.[W].[Y]. The first-order valence-corrected chi connectivity index (χ1v) is 3.08. The topological polar surface area (TPSA) is 68.0 Å². The number of aromatic amines is 1. The van der Waals surface area contributed by atoms with Crippen LogP contribution in [0.15, 0.2) is 11.3 Å². The molecule has 5 nitrogen and oxygen atoms in total. The summed E-state index contributed by atoms with van der Waals surface area (Å²) >= 11 is 0. The number of nitrogens with zero attached hydrogens (tertiary/aromatic N) is 4. The zero-order valence-corrected chi connectivity index (χ0v) is 12.6. The summed E-state index contributed by atoms with van der Waals surface area (Å²) < 4.78 is 0. The molecule has 0 aliphatic heterocycles. The van der Waals surface area contributed by atoms with Crippen molar-refractivity contribution in [1.29, 1.82) is 0 Å². The molecule has 0 saturated heterocycles. The number of rotatable bonds is 0. The Hall–Kier alpha value is 0.142. The Balaban J connectivity index is 0.000000720. The maximum Gasteiger partial charge on any atom is 0.0464 e. The van der Waals surface area contributed by atoms with Crippen LogP contribution in [0, 0.1) is 6.20 Å². The monoisotopic (exact) mass is 420 g/mol. The van der Waals surface area contributed by atoms with Gasteiger partial charge in [0, 0.05) is 66.4 Å². The molecule has 65 valence electrons. The van der Waals surface area contributed by atoms with Gasteiger partial charge in [-0.2, -0.15) is 0 Å². The van der Waals surface area contributed by atoms with Gasteiger partial charge in [0.2, 0.25) is 0 Å². The van der Waals surface area contributed by atoms with E-state index in [4.69, 9.17) is 0 Å². The first-order valence-electron chi connectivity index (χ1n) is 3.08. The van der Waals surface area contributed by atoms with Crippen molar-refractivity contribution in [2.24, 2.45) is 4.99 Å². The minimum absolute atomic E-state index is 0. The Labute approximate surface area is 114 Å². The Morgan fingerprint density at radius 3 is 3.08 bits per heavy atom. The summed E-state index contributed by atoms with van der Waals surface area (Å²) in [7, 11) is 1.65. The van der Waals surface area contributed by atoms with E-state index < -0.39 is 0 Å². The Morgan fingerprint density at radius 2 is 2.38 bits per heavy atom. The van der Waals surface area contributed by atoms with E-state index in [9.17, 15) is 0 Å². The van der Waals surface area contributed by atoms with Crippen LogP contribution in [0.2, 0.25) is 0 Å². The van der Waals surface area contributed by atoms with E-state index in [2.05, 4.69) is 31.1 Å². The summed E-state index contributed by atoms with van der Waals surface area (Å²) in [6.07, 6.45) is 4.16. The second kappa shape index (κ2) is 5.79. The smallest absolute Gasteiger partial charge is 0.0464 e. The van der Waals surface area contributed by atoms with E-state index in [1.54, 1.807) is 7.05 Å². The standard InChI is InChI=1S/C6H5N5.W.Y/c1-7-6-8-2-4-5(11-6)10-3-9-4;;/h3H,1H3,(H-,7,8,9,10,11);;/q-2;;. The normalized spacial score (nSPS) is 10.7. The van der Waals surface area contributed by atoms with Crippen LogP contribution < -0.4 is 10.6 Å². The van der Waals surface area contributed by atoms with Crippen molar-refractivity contribution in [2.45, 2.75) is 0 Å². The van der Waals surface area contributed by atoms with Gasteiger partial charge in [0.25, 0.3) is 0 Å². The predicted octanol–water partition coefficient (Wildman–Crippen LogP) is -0.759. The van der Waals surface area contributed by atoms with Gasteiger partial charge >= 0.3 is 0 Å². The van der Waals surface area contributed by atoms with Gasteiger partial charge in [-0.3, -0.25) is 0 Å². The molecule has 1 radical (unpaired) electrons. The van der Waals surface area contributed by atoms with Crippen LogP contribution in [0.5, 0.6) is 0 Å². The van der Waals surface area contributed by atoms with E-state index in [0.29, 0.717) is 16.8 Å². The summed E-state index contributed by atoms with van der Waals surface area (Å²) in [5, 5.41) is 0. The summed E-state index contributed by atoms with van der Waals surface area (Å²) in [4.78, 5) is 18.4. The van der Waals surface area contributed by atoms with Crippen molar-refractivity contribution in [3.05, 3.63) is 18.1 Å². The molecule has 0 bridgehead atoms. The molecule has 0 atom stereocenters. The Morgan fingerprint density at radius 1 is 1.62 bits per heavy atom. The molecule has 2 aromatic heterocycles. The predicted molar refractivity (Wildman–Crippen MR) is 37.5 cm³/mol. The summed E-state index contributed by atoms with van der Waals surface area (Å²) in [5.74, 6) is 0. The average Bonchev–Trinajstić information content (AvgIpc) is 2.50. The van der Waals surface area contributed by atoms with Gasteiger partial charge in [-0.05, 0) is 6.33 Å². The third-order valence-electron chi connectivity index (χ3n) is 1.31. The van der Waals surface area contributed by atoms with Crippen molar-refractivity contribution in [3.63, 3.8) is 0 Å². The van der Waals surface area contributed by atoms with E-state index in [0.717, 1.165) is 0 Å². The van der Waals surface area contributed by atoms with Crippen molar-refractivity contribution < 1.29 is 53.8 Å². The van der Waals surface area contributed by atoms with Gasteiger partial charge in [0.15, 0.2) is 0 Å². The molecule has 0 unspecified atom stereocenters. The maximum absolute atomic E-state index is 3.93. The van der Waals surface area contributed by atoms with Crippen molar-refractivity contribution >= 4 is 11.2 Å². The molecular formula is C6H5N5WY-2. The molecule has 0 aromatic carbocycles. The number of nitrogens with one attached hydrogen (secondary N) is 1. The van der Waals surface area contributed by atoms with Crippen molar-refractivity contribution in [3.8, 4) is 0 Å². The fourth-order valence-corrected chi connectivity index (χ4v) is 0.786. The van der Waals surface area contributed by atoms with Gasteiger partial charge in [-0.25, -0.2) is 0 Å². The molecule has 0 amide bonds. The maximum atomic E-state index is 3.93. The largest absolute Gasteiger partial charge is 0.489 e. The number of fused-ring (bicyclic) bond motifs is 1. The van der Waals surface area contributed by atoms with Gasteiger partial charge in [0.1, 0.15) is 0 Å². The van der Waals surface area contributed by atoms with E-state index in [-0.39, 0.29) is 53.8 Å². The summed E-state index contributed by atoms with van der Waals surface area (Å²) in [6.45, 7) is 0. The van der Waals surface area contributed by atoms with Gasteiger partial charge in [-0.1, -0.05) is 17.4 Å². The van der Waals surface area contributed by atoms with E-state index >= 15 is 0 Å². The summed E-state index contributed by atoms with van der Waals surface area (Å²) in [6, 6.07) is 0. The second-order valence-corrected chi connectivity index (χ2v) is 1.97. The molecule has 1 N–H and O–H groups in total. The van der Waals surface area contributed by atoms with Crippen LogP contribution in [-0.4, -0.2) is 22.0 Å². The van der Waals surface area contributed by atoms with E-state index in [1.165, 1.54) is 6.33 Å². The van der Waals surface area contributed by atoms with Gasteiger partial charge in [0.05, 0.1) is 0 Å². The van der Waals surface area contributed by atoms with Crippen molar-refractivity contribution in [1.82, 2.24) is 19.9 Å². The van der Waals surface area contributed by atoms with Crippen LogP contribution in [0.3, 0.4) is 0 Å². The zero-order valence-electron chi connectivity index (χ0n) is 6.85. The van der Waals surface area contributed by atoms with Crippen molar-refractivity contribution in [2.75, 3.05) is 7.05 Å². The fraction of sp³-hybridized carbons (Fsp3) is 0.167. The number of hydrogen-bond donors (Lipinski definition) is 1. The van der Waals surface area contributed by atoms with E-state index in [1.807, 2.05) is 0 Å². The summed E-state index contributed by atoms with van der Waals surface area (Å²) in [5.41, 5.74) is 1.82. The van der Waals surface area contributed by atoms with Crippen LogP contribution in [0.4, 0.5) is 0 Å². The molecule has 13 heavy (non-hydrogen) atoms. The zero-order chi connectivity index (χ0) is 7.68. The quantitative estimate of drug-likeness (QED) is 0.571. The second-order valence-electron chi connectivity index (χ2n) is 1.97. The molecule has 0 spiro atoms. The number of hydrogen-bond acceptors (Lipinski definition) is 3. The fourth-order valence-electron chi connectivity index (χ4n) is 0.786. The molecule has 7 heteroatoms. The first-order chi connectivity index (χ1) is 5.40. The van der Waals surface area contributed by atoms with Crippen LogP contribution >= 0.6 is 0 Å². The molecular weight excluding hydrogens is 415 g/mol. The molecule has 0 saturated carbocycles. The number of imidazole rings is 1. The van der Waals surface area contributed by atoms with Crippen LogP contribution in [0.25, 0.3) is 11.2 Å². The van der Waals surface area contributed by atoms with Gasteiger partial charge < -0.3 is 24.9 Å².